The van der Waals surface area contributed by atoms with E-state index in [1.807, 2.05) is 53.9 Å². The van der Waals surface area contributed by atoms with Gasteiger partial charge in [-0.3, -0.25) is 0 Å². The van der Waals surface area contributed by atoms with Gasteiger partial charge in [-0.1, -0.05) is 35.9 Å². The number of hydrogen-bond acceptors (Lipinski definition) is 5. The number of anilines is 2. The van der Waals surface area contributed by atoms with E-state index in [2.05, 4.69) is 20.8 Å². The maximum absolute atomic E-state index is 12.4. The molecule has 3 aromatic heterocycles. The van der Waals surface area contributed by atoms with Crippen LogP contribution in [0.5, 0.6) is 0 Å². The lowest BCUT2D eigenvalue weighted by Gasteiger charge is -2.09. The number of urea groups is 1. The van der Waals surface area contributed by atoms with Crippen molar-refractivity contribution in [2.24, 2.45) is 0 Å². The highest BCUT2D eigenvalue weighted by Crippen LogP contribution is 2.25. The molecule has 3 heterocycles. The molecule has 9 heteroatoms. The Labute approximate surface area is 186 Å². The molecule has 0 radical (unpaired) electrons. The van der Waals surface area contributed by atoms with E-state index in [-0.39, 0.29) is 6.03 Å². The van der Waals surface area contributed by atoms with Crippen molar-refractivity contribution in [2.45, 2.75) is 0 Å². The molecule has 2 aromatic carbocycles. The van der Waals surface area contributed by atoms with Crippen LogP contribution in [0.4, 0.5) is 16.2 Å². The van der Waals surface area contributed by atoms with Crippen molar-refractivity contribution in [3.63, 3.8) is 0 Å². The summed E-state index contributed by atoms with van der Waals surface area (Å²) in [7, 11) is 0. The van der Waals surface area contributed by atoms with Gasteiger partial charge < -0.3 is 10.6 Å². The SMILES string of the molecule is O=C(Nc1cccc(Cl)c1)Nc1cccc(-c2ccc3nnc(-c4cccs4)n3n2)c1. The topological polar surface area (TPSA) is 84.2 Å². The van der Waals surface area contributed by atoms with Crippen molar-refractivity contribution >= 4 is 46.0 Å². The van der Waals surface area contributed by atoms with Crippen LogP contribution < -0.4 is 10.6 Å². The molecule has 5 rings (SSSR count). The monoisotopic (exact) mass is 446 g/mol. The van der Waals surface area contributed by atoms with Gasteiger partial charge in [0.1, 0.15) is 0 Å². The van der Waals surface area contributed by atoms with E-state index in [1.165, 1.54) is 0 Å². The van der Waals surface area contributed by atoms with Crippen molar-refractivity contribution < 1.29 is 4.79 Å². The number of amides is 2. The molecule has 2 N–H and O–H groups in total. The van der Waals surface area contributed by atoms with Crippen LogP contribution in [0.15, 0.2) is 78.2 Å². The highest BCUT2D eigenvalue weighted by molar-refractivity contribution is 7.13. The first-order chi connectivity index (χ1) is 15.2. The Morgan fingerprint density at radius 1 is 0.903 bits per heavy atom. The molecule has 31 heavy (non-hydrogen) atoms. The second kappa shape index (κ2) is 8.17. The fourth-order valence-electron chi connectivity index (χ4n) is 3.12. The molecule has 0 aliphatic carbocycles. The van der Waals surface area contributed by atoms with Crippen LogP contribution >= 0.6 is 22.9 Å². The summed E-state index contributed by atoms with van der Waals surface area (Å²) in [5.74, 6) is 0.696. The second-order valence-electron chi connectivity index (χ2n) is 6.66. The second-order valence-corrected chi connectivity index (χ2v) is 8.04. The van der Waals surface area contributed by atoms with E-state index < -0.39 is 0 Å². The van der Waals surface area contributed by atoms with E-state index in [0.717, 1.165) is 16.1 Å². The Morgan fingerprint density at radius 2 is 1.71 bits per heavy atom. The van der Waals surface area contributed by atoms with Crippen molar-refractivity contribution in [3.05, 3.63) is 83.2 Å². The highest BCUT2D eigenvalue weighted by atomic mass is 35.5. The maximum Gasteiger partial charge on any atom is 0.323 e. The summed E-state index contributed by atoms with van der Waals surface area (Å²) in [5, 5.41) is 21.3. The molecule has 0 bridgehead atoms. The summed E-state index contributed by atoms with van der Waals surface area (Å²) < 4.78 is 1.73. The Hall–Kier alpha value is -3.75. The first kappa shape index (κ1) is 19.2. The van der Waals surface area contributed by atoms with Gasteiger partial charge in [-0.25, -0.2) is 4.79 Å². The molecule has 7 nitrogen and oxygen atoms in total. The highest BCUT2D eigenvalue weighted by Gasteiger charge is 2.12. The number of aromatic nitrogens is 4. The molecule has 0 saturated carbocycles. The summed E-state index contributed by atoms with van der Waals surface area (Å²) in [4.78, 5) is 13.3. The van der Waals surface area contributed by atoms with Crippen molar-refractivity contribution in [3.8, 4) is 22.0 Å². The van der Waals surface area contributed by atoms with E-state index in [1.54, 1.807) is 40.1 Å². The number of benzene rings is 2. The number of hydrogen-bond donors (Lipinski definition) is 2. The Kier molecular flexibility index (Phi) is 5.07. The molecular weight excluding hydrogens is 432 g/mol. The zero-order valence-electron chi connectivity index (χ0n) is 16.0. The van der Waals surface area contributed by atoms with E-state index in [9.17, 15) is 4.79 Å². The average Bonchev–Trinajstić information content (AvgIpc) is 3.43. The summed E-state index contributed by atoms with van der Waals surface area (Å²) in [5.41, 5.74) is 3.52. The molecule has 152 valence electrons. The summed E-state index contributed by atoms with van der Waals surface area (Å²) >= 11 is 7.55. The summed E-state index contributed by atoms with van der Waals surface area (Å²) in [6.07, 6.45) is 0. The van der Waals surface area contributed by atoms with Gasteiger partial charge in [0, 0.05) is 22.0 Å². The van der Waals surface area contributed by atoms with Crippen LogP contribution in [0.3, 0.4) is 0 Å². The number of carbonyl (C=O) groups excluding carboxylic acids is 1. The molecule has 0 fully saturated rings. The Bertz CT molecular complexity index is 1380. The number of nitrogens with zero attached hydrogens (tertiary/aromatic N) is 4. The number of nitrogens with one attached hydrogen (secondary N) is 2. The van der Waals surface area contributed by atoms with Gasteiger partial charge in [0.2, 0.25) is 0 Å². The molecule has 0 atom stereocenters. The minimum Gasteiger partial charge on any atom is -0.308 e. The Balaban J connectivity index is 1.40. The number of fused-ring (bicyclic) bond motifs is 1. The van der Waals surface area contributed by atoms with Gasteiger partial charge in [0.05, 0.1) is 10.6 Å². The van der Waals surface area contributed by atoms with Crippen LogP contribution in [0.2, 0.25) is 5.02 Å². The van der Waals surface area contributed by atoms with E-state index in [0.29, 0.717) is 27.9 Å². The van der Waals surface area contributed by atoms with Gasteiger partial charge in [0.15, 0.2) is 11.5 Å². The predicted octanol–water partition coefficient (Wildman–Crippen LogP) is 5.82. The van der Waals surface area contributed by atoms with Gasteiger partial charge in [-0.15, -0.1) is 21.5 Å². The molecule has 0 aliphatic rings. The molecule has 0 spiro atoms. The molecular formula is C22H15ClN6OS. The van der Waals surface area contributed by atoms with E-state index in [4.69, 9.17) is 16.7 Å². The van der Waals surface area contributed by atoms with Crippen molar-refractivity contribution in [2.75, 3.05) is 10.6 Å². The van der Waals surface area contributed by atoms with Crippen molar-refractivity contribution in [1.82, 2.24) is 19.8 Å². The van der Waals surface area contributed by atoms with E-state index >= 15 is 0 Å². The van der Waals surface area contributed by atoms with Crippen LogP contribution in [-0.4, -0.2) is 25.8 Å². The number of thiophene rings is 1. The lowest BCUT2D eigenvalue weighted by atomic mass is 10.1. The van der Waals surface area contributed by atoms with Gasteiger partial charge in [-0.2, -0.15) is 9.61 Å². The lowest BCUT2D eigenvalue weighted by molar-refractivity contribution is 0.262. The smallest absolute Gasteiger partial charge is 0.308 e. The van der Waals surface area contributed by atoms with Crippen LogP contribution in [-0.2, 0) is 0 Å². The average molecular weight is 447 g/mol. The maximum atomic E-state index is 12.4. The summed E-state index contributed by atoms with van der Waals surface area (Å²) in [6, 6.07) is 21.8. The van der Waals surface area contributed by atoms with Crippen LogP contribution in [0.25, 0.3) is 27.6 Å². The van der Waals surface area contributed by atoms with Crippen LogP contribution in [0, 0.1) is 0 Å². The molecule has 0 unspecified atom stereocenters. The third-order valence-electron chi connectivity index (χ3n) is 4.50. The minimum atomic E-state index is -0.360. The molecule has 2 amide bonds. The van der Waals surface area contributed by atoms with Gasteiger partial charge >= 0.3 is 6.03 Å². The largest absolute Gasteiger partial charge is 0.323 e. The third kappa shape index (κ3) is 4.11. The fourth-order valence-corrected chi connectivity index (χ4v) is 4.00. The number of halogens is 1. The standard InChI is InChI=1S/C22H15ClN6OS/c23-15-5-2-7-17(13-15)25-22(30)24-16-6-1-4-14(12-16)18-9-10-20-26-27-21(29(20)28-18)19-8-3-11-31-19/h1-13H,(H2,24,25,30). The summed E-state index contributed by atoms with van der Waals surface area (Å²) in [6.45, 7) is 0. The molecule has 0 saturated heterocycles. The van der Waals surface area contributed by atoms with Crippen molar-refractivity contribution in [1.29, 1.82) is 0 Å². The first-order valence-corrected chi connectivity index (χ1v) is 10.6. The van der Waals surface area contributed by atoms with Gasteiger partial charge in [-0.05, 0) is 53.9 Å². The zero-order valence-corrected chi connectivity index (χ0v) is 17.6. The normalized spacial score (nSPS) is 10.9. The predicted molar refractivity (Wildman–Crippen MR) is 124 cm³/mol. The van der Waals surface area contributed by atoms with Crippen LogP contribution in [0.1, 0.15) is 0 Å². The number of rotatable bonds is 4. The fraction of sp³-hybridized carbons (Fsp3) is 0. The first-order valence-electron chi connectivity index (χ1n) is 9.36. The Morgan fingerprint density at radius 3 is 2.48 bits per heavy atom. The minimum absolute atomic E-state index is 0.360. The number of carbonyl (C=O) groups is 1. The third-order valence-corrected chi connectivity index (χ3v) is 5.60. The quantitative estimate of drug-likeness (QED) is 0.364. The molecule has 0 aliphatic heterocycles. The lowest BCUT2D eigenvalue weighted by Crippen LogP contribution is -2.19. The molecule has 5 aromatic rings. The van der Waals surface area contributed by atoms with Gasteiger partial charge in [0.25, 0.3) is 0 Å². The zero-order chi connectivity index (χ0) is 21.2.